The van der Waals surface area contributed by atoms with Gasteiger partial charge in [-0.05, 0) is 12.1 Å². The normalized spacial score (nSPS) is 22.3. The molecule has 0 saturated carbocycles. The lowest BCUT2D eigenvalue weighted by atomic mass is 10.0. The van der Waals surface area contributed by atoms with E-state index in [-0.39, 0.29) is 13.0 Å². The lowest BCUT2D eigenvalue weighted by Gasteiger charge is -2.23. The monoisotopic (exact) mass is 273 g/mol. The van der Waals surface area contributed by atoms with Gasteiger partial charge in [0.1, 0.15) is 6.10 Å². The minimum absolute atomic E-state index is 0.0945. The molecule has 1 N–H and O–H groups in total. The number of carboxylic acid groups (broad SMARTS) is 1. The summed E-state index contributed by atoms with van der Waals surface area (Å²) in [4.78, 5) is 14.6. The van der Waals surface area contributed by atoms with Gasteiger partial charge in [-0.2, -0.15) is 4.39 Å². The Morgan fingerprint density at radius 2 is 2.05 bits per heavy atom. The van der Waals surface area contributed by atoms with Gasteiger partial charge in [0.15, 0.2) is 17.4 Å². The largest absolute Gasteiger partial charge is 0.485 e. The highest BCUT2D eigenvalue weighted by atomic mass is 19.2. The highest BCUT2D eigenvalue weighted by Crippen LogP contribution is 2.25. The molecule has 2 unspecified atom stereocenters. The third-order valence-electron chi connectivity index (χ3n) is 2.72. The first kappa shape index (κ1) is 13.4. The minimum atomic E-state index is -1.62. The predicted molar refractivity (Wildman–Crippen MR) is 59.8 cm³/mol. The molecule has 0 aliphatic carbocycles. The van der Waals surface area contributed by atoms with Gasteiger partial charge in [-0.3, -0.25) is 9.79 Å². The highest BCUT2D eigenvalue weighted by molar-refractivity contribution is 5.89. The molecule has 2 rings (SSSR count). The number of nitrogens with zero attached hydrogens (tertiary/aromatic N) is 1. The van der Waals surface area contributed by atoms with Crippen LogP contribution in [0.15, 0.2) is 17.1 Å². The number of carbonyl (C=O) groups is 1. The molecule has 0 bridgehead atoms. The summed E-state index contributed by atoms with van der Waals surface area (Å²) in [6.07, 6.45) is 0.687. The fraction of sp³-hybridized carbons (Fsp3) is 0.333. The number of hydrogen-bond donors (Lipinski definition) is 1. The summed E-state index contributed by atoms with van der Waals surface area (Å²) in [6.45, 7) is 0.141. The van der Waals surface area contributed by atoms with E-state index in [9.17, 15) is 18.0 Å². The molecule has 1 aliphatic heterocycles. The van der Waals surface area contributed by atoms with Crippen LogP contribution in [0.1, 0.15) is 6.42 Å². The van der Waals surface area contributed by atoms with Crippen LogP contribution < -0.4 is 4.74 Å². The molecule has 1 aromatic rings. The maximum atomic E-state index is 13.4. The Balaban J connectivity index is 2.12. The van der Waals surface area contributed by atoms with Gasteiger partial charge >= 0.3 is 5.97 Å². The van der Waals surface area contributed by atoms with Crippen molar-refractivity contribution in [2.75, 3.05) is 6.54 Å². The maximum Gasteiger partial charge on any atom is 0.312 e. The van der Waals surface area contributed by atoms with Gasteiger partial charge in [-0.1, -0.05) is 0 Å². The van der Waals surface area contributed by atoms with Crippen molar-refractivity contribution >= 4 is 12.2 Å². The molecule has 0 amide bonds. The van der Waals surface area contributed by atoms with E-state index in [1.54, 1.807) is 0 Å². The summed E-state index contributed by atoms with van der Waals surface area (Å²) in [5.41, 5.74) is 0. The highest BCUT2D eigenvalue weighted by Gasteiger charge is 2.27. The van der Waals surface area contributed by atoms with E-state index in [0.29, 0.717) is 0 Å². The molecular formula is C12H10F3NO3. The molecule has 0 radical (unpaired) electrons. The van der Waals surface area contributed by atoms with Crippen LogP contribution in [-0.2, 0) is 4.79 Å². The van der Waals surface area contributed by atoms with Gasteiger partial charge in [0.2, 0.25) is 5.82 Å². The molecule has 7 heteroatoms. The van der Waals surface area contributed by atoms with Crippen LogP contribution in [0.2, 0.25) is 0 Å². The van der Waals surface area contributed by atoms with Crippen LogP contribution in [0.5, 0.6) is 5.75 Å². The molecule has 1 aliphatic rings. The van der Waals surface area contributed by atoms with Crippen molar-refractivity contribution < 1.29 is 27.8 Å². The van der Waals surface area contributed by atoms with Gasteiger partial charge < -0.3 is 9.84 Å². The van der Waals surface area contributed by atoms with Crippen LogP contribution >= 0.6 is 0 Å². The second-order valence-electron chi connectivity index (χ2n) is 4.11. The average Bonchev–Trinajstić information content (AvgIpc) is 2.40. The molecule has 0 saturated heterocycles. The third kappa shape index (κ3) is 2.86. The first-order chi connectivity index (χ1) is 8.99. The number of benzene rings is 1. The maximum absolute atomic E-state index is 13.4. The van der Waals surface area contributed by atoms with Crippen molar-refractivity contribution in [3.8, 4) is 5.75 Å². The Labute approximate surface area is 106 Å². The van der Waals surface area contributed by atoms with Gasteiger partial charge in [-0.15, -0.1) is 0 Å². The molecule has 102 valence electrons. The van der Waals surface area contributed by atoms with E-state index in [1.807, 2.05) is 0 Å². The number of halogens is 3. The third-order valence-corrected chi connectivity index (χ3v) is 2.72. The zero-order valence-electron chi connectivity index (χ0n) is 9.65. The number of carboxylic acids is 1. The van der Waals surface area contributed by atoms with E-state index in [1.165, 1.54) is 6.21 Å². The molecule has 0 aromatic heterocycles. The Bertz CT molecular complexity index is 533. The summed E-state index contributed by atoms with van der Waals surface area (Å²) < 4.78 is 44.3. The zero-order valence-corrected chi connectivity index (χ0v) is 9.65. The van der Waals surface area contributed by atoms with E-state index in [4.69, 9.17) is 9.84 Å². The summed E-state index contributed by atoms with van der Waals surface area (Å²) in [7, 11) is 0. The molecule has 0 spiro atoms. The van der Waals surface area contributed by atoms with Gasteiger partial charge in [-0.25, -0.2) is 8.78 Å². The van der Waals surface area contributed by atoms with Crippen molar-refractivity contribution in [2.45, 2.75) is 12.5 Å². The number of ether oxygens (including phenoxy) is 1. The first-order valence-corrected chi connectivity index (χ1v) is 5.52. The minimum Gasteiger partial charge on any atom is -0.485 e. The smallest absolute Gasteiger partial charge is 0.312 e. The average molecular weight is 273 g/mol. The van der Waals surface area contributed by atoms with Crippen molar-refractivity contribution in [3.05, 3.63) is 29.6 Å². The molecule has 1 heterocycles. The summed E-state index contributed by atoms with van der Waals surface area (Å²) in [5, 5.41) is 8.83. The van der Waals surface area contributed by atoms with Gasteiger partial charge in [0.25, 0.3) is 0 Å². The van der Waals surface area contributed by atoms with Crippen LogP contribution in [-0.4, -0.2) is 29.9 Å². The first-order valence-electron chi connectivity index (χ1n) is 5.52. The van der Waals surface area contributed by atoms with E-state index >= 15 is 0 Å². The molecule has 0 fully saturated rings. The molecule has 4 nitrogen and oxygen atoms in total. The van der Waals surface area contributed by atoms with Crippen LogP contribution in [0.3, 0.4) is 0 Å². The second kappa shape index (κ2) is 5.29. The van der Waals surface area contributed by atoms with Gasteiger partial charge in [0, 0.05) is 12.6 Å². The summed E-state index contributed by atoms with van der Waals surface area (Å²) >= 11 is 0. The van der Waals surface area contributed by atoms with Crippen molar-refractivity contribution in [3.63, 3.8) is 0 Å². The quantitative estimate of drug-likeness (QED) is 0.857. The Hall–Kier alpha value is -2.05. The number of hydrogen-bond acceptors (Lipinski definition) is 3. The fourth-order valence-electron chi connectivity index (χ4n) is 1.75. The number of aliphatic imine (C=N–C) groups is 1. The standard InChI is InChI=1S/C12H10F3NO3/c13-8-1-2-9(11(15)10(8)14)19-7-3-6(12(17)18)4-16-5-7/h1-2,4,6-7H,3,5H2,(H,17,18). The predicted octanol–water partition coefficient (Wildman–Crippen LogP) is 2.03. The second-order valence-corrected chi connectivity index (χ2v) is 4.11. The van der Waals surface area contributed by atoms with Crippen LogP contribution in [0, 0.1) is 23.4 Å². The van der Waals surface area contributed by atoms with Crippen molar-refractivity contribution in [1.29, 1.82) is 0 Å². The number of rotatable bonds is 3. The Morgan fingerprint density at radius 3 is 2.74 bits per heavy atom. The fourth-order valence-corrected chi connectivity index (χ4v) is 1.75. The van der Waals surface area contributed by atoms with Crippen LogP contribution in [0.25, 0.3) is 0 Å². The zero-order chi connectivity index (χ0) is 14.0. The molecule has 1 aromatic carbocycles. The Morgan fingerprint density at radius 1 is 1.32 bits per heavy atom. The SMILES string of the molecule is O=C(O)C1C=NCC(Oc2ccc(F)c(F)c2F)C1. The lowest BCUT2D eigenvalue weighted by Crippen LogP contribution is -2.32. The molecule has 2 atom stereocenters. The van der Waals surface area contributed by atoms with Crippen molar-refractivity contribution in [1.82, 2.24) is 0 Å². The Kier molecular flexibility index (Phi) is 3.73. The van der Waals surface area contributed by atoms with E-state index in [0.717, 1.165) is 12.1 Å². The van der Waals surface area contributed by atoms with Crippen molar-refractivity contribution in [2.24, 2.45) is 10.9 Å². The molecule has 19 heavy (non-hydrogen) atoms. The lowest BCUT2D eigenvalue weighted by molar-refractivity contribution is -0.140. The van der Waals surface area contributed by atoms with Crippen LogP contribution in [0.4, 0.5) is 13.2 Å². The summed E-state index contributed by atoms with van der Waals surface area (Å²) in [6, 6.07) is 1.70. The molecular weight excluding hydrogens is 263 g/mol. The van der Waals surface area contributed by atoms with E-state index < -0.39 is 41.2 Å². The topological polar surface area (TPSA) is 58.9 Å². The number of aliphatic carboxylic acids is 1. The summed E-state index contributed by atoms with van der Waals surface area (Å²) in [5.74, 6) is -6.71. The van der Waals surface area contributed by atoms with Gasteiger partial charge in [0.05, 0.1) is 12.5 Å². The van der Waals surface area contributed by atoms with E-state index in [2.05, 4.69) is 4.99 Å².